The minimum absolute atomic E-state index is 0.0519. The second-order valence-electron chi connectivity index (χ2n) is 35.5. The van der Waals surface area contributed by atoms with Crippen LogP contribution in [0.3, 0.4) is 0 Å². The molecule has 0 fully saturated rings. The smallest absolute Gasteiger partial charge is 0.201 e. The normalized spacial score (nSPS) is 14.2. The van der Waals surface area contributed by atoms with Gasteiger partial charge in [0.1, 0.15) is 35.2 Å². The van der Waals surface area contributed by atoms with Crippen LogP contribution in [0.1, 0.15) is 179 Å². The van der Waals surface area contributed by atoms with E-state index >= 15 is 0 Å². The zero-order valence-electron chi connectivity index (χ0n) is 95.7. The third-order valence-electron chi connectivity index (χ3n) is 22.4. The van der Waals surface area contributed by atoms with E-state index in [1.807, 2.05) is 191 Å². The minimum Gasteiger partial charge on any atom is -0.201 e. The fraction of sp³-hybridized carbons (Fsp3) is 0.280. The molecule has 0 aliphatic heterocycles. The molecule has 0 spiro atoms. The van der Waals surface area contributed by atoms with Crippen LogP contribution in [0.15, 0.2) is 274 Å². The summed E-state index contributed by atoms with van der Waals surface area (Å²) >= 11 is 0. The molecule has 123 heavy (non-hydrogen) atoms. The van der Waals surface area contributed by atoms with Crippen molar-refractivity contribution < 1.29 is 48.9 Å². The zero-order chi connectivity index (χ0) is 105. The van der Waals surface area contributed by atoms with Gasteiger partial charge in [0, 0.05) is 113 Å². The van der Waals surface area contributed by atoms with Gasteiger partial charge in [-0.3, -0.25) is 0 Å². The highest BCUT2D eigenvalue weighted by Crippen LogP contribution is 2.38. The Bertz CT molecular complexity index is 7110. The molecule has 0 saturated carbocycles. The van der Waals surface area contributed by atoms with Crippen LogP contribution in [0.2, 0.25) is 0 Å². The number of pyridine rings is 5. The van der Waals surface area contributed by atoms with Gasteiger partial charge in [-0.2, -0.15) is 0 Å². The molecule has 0 N–H and O–H groups in total. The SMILES string of the molecule is Cc1ccc(-c2ccc(C)c(-c3cc(C)cc[n+]3C)c2)cc1.[2H]C([2H])([2H])c1c[n+](C)c(-c2cc(-c3ccc(C)cc3)c(C([2H])([2H])[2H])cc2C)cc1C.[2H]C([2H])([2H])c1c[n+](C)c(-c2cc(-c3ccc(C)cc3)ccc2C)cc1C.[2H]C([2H])([2H])c1c[n+](C)c(-c2cc(-c3ccc(C)cc3)ccc2C)cc1C([2H])([2H])C(C)(C)C.[2H]C([2H])([2H])c1cc(C)c(-c2cc(C([2H])([2H])C(C)(C)C)cc[n+]2C)cc1-c1ccc(C)cc1. The highest BCUT2D eigenvalue weighted by Gasteiger charge is 2.25. The summed E-state index contributed by atoms with van der Waals surface area (Å²) in [6, 6.07) is 81.6. The Hall–Kier alpha value is -12.1. The number of aryl methyl sites for hydroxylation is 23. The Morgan fingerprint density at radius 3 is 0.854 bits per heavy atom. The van der Waals surface area contributed by atoms with E-state index in [0.29, 0.717) is 44.5 Å². The van der Waals surface area contributed by atoms with E-state index in [9.17, 15) is 0 Å². The van der Waals surface area contributed by atoms with Gasteiger partial charge < -0.3 is 0 Å². The summed E-state index contributed by atoms with van der Waals surface area (Å²) in [6.45, 7) is 26.0. The van der Waals surface area contributed by atoms with Gasteiger partial charge in [-0.1, -0.05) is 239 Å². The van der Waals surface area contributed by atoms with Crippen LogP contribution in [0.25, 0.3) is 112 Å². The molecule has 0 amide bonds. The highest BCUT2D eigenvalue weighted by atomic mass is 14.9. The number of hydrogen-bond donors (Lipinski definition) is 0. The van der Waals surface area contributed by atoms with E-state index in [2.05, 4.69) is 199 Å². The molecule has 5 nitrogen and oxygen atoms in total. The van der Waals surface area contributed by atoms with Gasteiger partial charge in [0.2, 0.25) is 28.5 Å². The lowest BCUT2D eigenvalue weighted by atomic mass is 9.86. The summed E-state index contributed by atoms with van der Waals surface area (Å²) in [5.74, 6) is 0. The van der Waals surface area contributed by atoms with E-state index in [0.717, 1.165) is 112 Å². The van der Waals surface area contributed by atoms with Crippen molar-refractivity contribution in [2.24, 2.45) is 46.1 Å². The van der Waals surface area contributed by atoms with Crippen molar-refractivity contribution in [1.82, 2.24) is 0 Å². The molecule has 15 aromatic rings. The molecule has 5 aromatic heterocycles. The summed E-state index contributed by atoms with van der Waals surface area (Å²) in [5.41, 5.74) is 34.7. The Kier molecular flexibility index (Phi) is 21.9. The first kappa shape index (κ1) is 68.5. The largest absolute Gasteiger partial charge is 0.212 e. The van der Waals surface area contributed by atoms with Crippen molar-refractivity contribution in [1.29, 1.82) is 0 Å². The van der Waals surface area contributed by atoms with Gasteiger partial charge in [0.25, 0.3) is 0 Å². The quantitative estimate of drug-likeness (QED) is 0.109. The summed E-state index contributed by atoms with van der Waals surface area (Å²) in [4.78, 5) is 0. The van der Waals surface area contributed by atoms with Gasteiger partial charge in [0.05, 0.1) is 0 Å². The summed E-state index contributed by atoms with van der Waals surface area (Å²) in [5, 5.41) is 0. The van der Waals surface area contributed by atoms with Crippen LogP contribution in [-0.4, -0.2) is 0 Å². The molecule has 0 radical (unpaired) electrons. The molecule has 0 bridgehead atoms. The maximum absolute atomic E-state index is 8.83. The molecule has 10 aromatic carbocycles. The molecule has 628 valence electrons. The Balaban J connectivity index is 0.000000170. The van der Waals surface area contributed by atoms with Crippen molar-refractivity contribution in [3.8, 4) is 112 Å². The van der Waals surface area contributed by atoms with Crippen LogP contribution in [0.4, 0.5) is 0 Å². The topological polar surface area (TPSA) is 19.4 Å². The molecular formula is C118H136N5+5. The Labute approximate surface area is 766 Å². The van der Waals surface area contributed by atoms with Crippen LogP contribution >= 0.6 is 0 Å². The standard InChI is InChI=1S/2C26H32N.C23H26N.C22H24N.C21H22N/c1-18-8-11-21(12-9-18)22-13-10-19(2)24(14-22)25-15-23(16-26(4,5)6)20(3)17-27(25)7;1-18-8-10-22(11-9-18)23-16-24(20(3)14-19(23)2)25-15-21(12-13-27(25)7)17-26(4,5)6;1-15-7-9-20(10-8-15)21-13-22(18(4)11-17(21)3)23-12-16(2)19(5)14-24(23)6;1-15-6-9-19(10-7-15)20-11-8-16(2)21(13-20)22-12-17(3)18(4)14-23(22)5;1-15-5-8-18(9-6-15)19-10-7-17(3)20(14-19)21-13-16(2)11-12-22(21)4/h8-15,17H,16H2,1-7H3;8-16H,17H2,1-7H3;7-14H,1-6H3;6-14H,1-5H3;5-14H,1-4H3/q5*+1/i3D3,16D2;2D3,17D2;3D3,5D3;4D3;. The molecule has 0 aliphatic carbocycles. The third kappa shape index (κ3) is 23.6. The van der Waals surface area contributed by atoms with Gasteiger partial charge in [-0.05, 0) is 301 Å². The molecule has 0 aliphatic rings. The third-order valence-corrected chi connectivity index (χ3v) is 22.4. The fourth-order valence-electron chi connectivity index (χ4n) is 15.1. The van der Waals surface area contributed by atoms with Gasteiger partial charge >= 0.3 is 0 Å². The van der Waals surface area contributed by atoms with Gasteiger partial charge in [0.15, 0.2) is 31.0 Å². The van der Waals surface area contributed by atoms with Crippen molar-refractivity contribution in [2.75, 3.05) is 0 Å². The number of nitrogens with zero attached hydrogens (tertiary/aromatic N) is 5. The van der Waals surface area contributed by atoms with Gasteiger partial charge in [-0.15, -0.1) is 0 Å². The van der Waals surface area contributed by atoms with E-state index in [-0.39, 0.29) is 11.1 Å². The van der Waals surface area contributed by atoms with Crippen LogP contribution < -0.4 is 22.8 Å². The average molecular weight is 1640 g/mol. The molecule has 5 heteroatoms. The van der Waals surface area contributed by atoms with Crippen molar-refractivity contribution in [3.05, 3.63) is 385 Å². The van der Waals surface area contributed by atoms with E-state index < -0.39 is 57.8 Å². The second kappa shape index (κ2) is 39.4. The second-order valence-corrected chi connectivity index (χ2v) is 35.5. The van der Waals surface area contributed by atoms with Crippen molar-refractivity contribution in [3.63, 3.8) is 0 Å². The summed E-state index contributed by atoms with van der Waals surface area (Å²) in [7, 11) is 9.56. The molecule has 15 rings (SSSR count). The van der Waals surface area contributed by atoms with Crippen molar-refractivity contribution in [2.45, 2.75) is 179 Å². The fourth-order valence-corrected chi connectivity index (χ4v) is 15.1. The molecule has 0 saturated heterocycles. The average Bonchev–Trinajstić information content (AvgIpc) is 0.754. The first-order chi connectivity index (χ1) is 65.7. The lowest BCUT2D eigenvalue weighted by Gasteiger charge is -2.19. The minimum atomic E-state index is -2.41. The highest BCUT2D eigenvalue weighted by molar-refractivity contribution is 5.80. The Morgan fingerprint density at radius 1 is 0.220 bits per heavy atom. The lowest BCUT2D eigenvalue weighted by Crippen LogP contribution is -2.32. The number of rotatable bonds is 12. The zero-order valence-corrected chi connectivity index (χ0v) is 76.7. The maximum atomic E-state index is 8.83. The molecule has 0 atom stereocenters. The van der Waals surface area contributed by atoms with Gasteiger partial charge in [-0.25, -0.2) is 22.8 Å². The number of aromatic nitrogens is 5. The van der Waals surface area contributed by atoms with Crippen LogP contribution in [0.5, 0.6) is 0 Å². The molecule has 5 heterocycles. The Morgan fingerprint density at radius 2 is 0.512 bits per heavy atom. The summed E-state index contributed by atoms with van der Waals surface area (Å²) in [6.07, 6.45) is 5.58. The first-order valence-corrected chi connectivity index (χ1v) is 42.3. The van der Waals surface area contributed by atoms with E-state index in [1.54, 1.807) is 73.6 Å². The van der Waals surface area contributed by atoms with Crippen molar-refractivity contribution >= 4 is 0 Å². The molecule has 0 unspecified atom stereocenters. The maximum Gasteiger partial charge on any atom is 0.212 e. The van der Waals surface area contributed by atoms with E-state index in [4.69, 9.17) is 26.0 Å². The number of hydrogen-bond acceptors (Lipinski definition) is 0. The monoisotopic (exact) mass is 1640 g/mol. The van der Waals surface area contributed by atoms with Crippen LogP contribution in [-0.2, 0) is 48.0 Å². The van der Waals surface area contributed by atoms with Crippen LogP contribution in [0, 0.1) is 135 Å². The molecular weight excluding hydrogens is 1490 g/mol. The first-order valence-electron chi connectivity index (χ1n) is 51.8. The lowest BCUT2D eigenvalue weighted by molar-refractivity contribution is -0.660. The number of benzene rings is 10. The summed E-state index contributed by atoms with van der Waals surface area (Å²) < 4.78 is 163. The predicted octanol–water partition coefficient (Wildman–Crippen LogP) is 28.0. The predicted molar refractivity (Wildman–Crippen MR) is 524 cm³/mol. The van der Waals surface area contributed by atoms with E-state index in [1.165, 1.54) is 55.8 Å².